The maximum absolute atomic E-state index is 5.97. The Hall–Kier alpha value is -1.00. The molecule has 0 saturated carbocycles. The Morgan fingerprint density at radius 2 is 2.12 bits per heavy atom. The van der Waals surface area contributed by atoms with Crippen LogP contribution in [0.3, 0.4) is 0 Å². The van der Waals surface area contributed by atoms with Crippen LogP contribution in [0.5, 0.6) is 0 Å². The number of hydrogen-bond acceptors (Lipinski definition) is 3. The summed E-state index contributed by atoms with van der Waals surface area (Å²) in [7, 11) is 0. The average Bonchev–Trinajstić information content (AvgIpc) is 2.25. The molecular formula is C12H11BrN2S. The van der Waals surface area contributed by atoms with E-state index in [1.807, 2.05) is 37.3 Å². The van der Waals surface area contributed by atoms with E-state index in [-0.39, 0.29) is 0 Å². The molecule has 0 unspecified atom stereocenters. The van der Waals surface area contributed by atoms with Crippen molar-refractivity contribution in [1.82, 2.24) is 4.98 Å². The van der Waals surface area contributed by atoms with Gasteiger partial charge in [-0.1, -0.05) is 33.8 Å². The number of anilines is 1. The topological polar surface area (TPSA) is 38.9 Å². The summed E-state index contributed by atoms with van der Waals surface area (Å²) in [5, 5.41) is 0.859. The number of nitrogens with zero attached hydrogens (tertiary/aromatic N) is 1. The summed E-state index contributed by atoms with van der Waals surface area (Å²) in [5.41, 5.74) is 7.79. The van der Waals surface area contributed by atoms with E-state index >= 15 is 0 Å². The largest absolute Gasteiger partial charge is 0.396 e. The van der Waals surface area contributed by atoms with Gasteiger partial charge < -0.3 is 5.73 Å². The van der Waals surface area contributed by atoms with Crippen LogP contribution in [0, 0.1) is 6.92 Å². The standard InChI is InChI=1S/C12H11BrN2S/c1-8-5-6-15-12(11(8)14)16-10-4-2-3-9(13)7-10/h2-7H,14H2,1H3. The zero-order valence-corrected chi connectivity index (χ0v) is 11.2. The van der Waals surface area contributed by atoms with Crippen molar-refractivity contribution in [1.29, 1.82) is 0 Å². The minimum atomic E-state index is 0.757. The van der Waals surface area contributed by atoms with Gasteiger partial charge in [0.1, 0.15) is 5.03 Å². The molecule has 0 amide bonds. The molecule has 2 nitrogen and oxygen atoms in total. The average molecular weight is 295 g/mol. The number of rotatable bonds is 2. The third-order valence-corrected chi connectivity index (χ3v) is 3.68. The fraction of sp³-hybridized carbons (Fsp3) is 0.0833. The van der Waals surface area contributed by atoms with E-state index < -0.39 is 0 Å². The van der Waals surface area contributed by atoms with E-state index in [2.05, 4.69) is 20.9 Å². The van der Waals surface area contributed by atoms with Gasteiger partial charge in [0.2, 0.25) is 0 Å². The number of nitrogens with two attached hydrogens (primary N) is 1. The van der Waals surface area contributed by atoms with E-state index in [4.69, 9.17) is 5.73 Å². The third kappa shape index (κ3) is 2.57. The summed E-state index contributed by atoms with van der Waals surface area (Å²) in [6, 6.07) is 10.0. The lowest BCUT2D eigenvalue weighted by molar-refractivity contribution is 1.12. The quantitative estimate of drug-likeness (QED) is 0.913. The molecule has 0 bridgehead atoms. The maximum Gasteiger partial charge on any atom is 0.124 e. The molecule has 0 aliphatic carbocycles. The molecule has 1 aromatic heterocycles. The highest BCUT2D eigenvalue weighted by Crippen LogP contribution is 2.32. The van der Waals surface area contributed by atoms with Gasteiger partial charge >= 0.3 is 0 Å². The molecule has 0 radical (unpaired) electrons. The summed E-state index contributed by atoms with van der Waals surface area (Å²) in [6.07, 6.45) is 1.78. The lowest BCUT2D eigenvalue weighted by atomic mass is 10.3. The predicted octanol–water partition coefficient (Wildman–Crippen LogP) is 3.89. The molecule has 1 heterocycles. The molecule has 0 atom stereocenters. The Morgan fingerprint density at radius 1 is 1.31 bits per heavy atom. The van der Waals surface area contributed by atoms with E-state index in [9.17, 15) is 0 Å². The summed E-state index contributed by atoms with van der Waals surface area (Å²) >= 11 is 5.02. The summed E-state index contributed by atoms with van der Waals surface area (Å²) in [4.78, 5) is 5.41. The first-order valence-corrected chi connectivity index (χ1v) is 6.42. The number of halogens is 1. The van der Waals surface area contributed by atoms with Gasteiger partial charge in [0.15, 0.2) is 0 Å². The zero-order chi connectivity index (χ0) is 11.5. The minimum Gasteiger partial charge on any atom is -0.396 e. The van der Waals surface area contributed by atoms with Crippen molar-refractivity contribution in [3.63, 3.8) is 0 Å². The van der Waals surface area contributed by atoms with Crippen LogP contribution in [0.15, 0.2) is 50.9 Å². The number of aryl methyl sites for hydroxylation is 1. The van der Waals surface area contributed by atoms with Gasteiger partial charge in [-0.2, -0.15) is 0 Å². The first-order chi connectivity index (χ1) is 7.66. The highest BCUT2D eigenvalue weighted by Gasteiger charge is 2.05. The highest BCUT2D eigenvalue weighted by atomic mass is 79.9. The Bertz CT molecular complexity index is 514. The summed E-state index contributed by atoms with van der Waals surface area (Å²) in [6.45, 7) is 1.99. The number of benzene rings is 1. The first-order valence-electron chi connectivity index (χ1n) is 4.81. The molecule has 0 fully saturated rings. The lowest BCUT2D eigenvalue weighted by Gasteiger charge is -2.06. The number of pyridine rings is 1. The Labute approximate surface area is 107 Å². The molecule has 16 heavy (non-hydrogen) atoms. The second-order valence-electron chi connectivity index (χ2n) is 3.41. The van der Waals surface area contributed by atoms with Crippen molar-refractivity contribution in [2.24, 2.45) is 0 Å². The van der Waals surface area contributed by atoms with Gasteiger partial charge in [-0.3, -0.25) is 0 Å². The van der Waals surface area contributed by atoms with Crippen molar-refractivity contribution in [3.8, 4) is 0 Å². The second-order valence-corrected chi connectivity index (χ2v) is 5.38. The Kier molecular flexibility index (Phi) is 3.51. The van der Waals surface area contributed by atoms with Crippen molar-refractivity contribution >= 4 is 33.4 Å². The summed E-state index contributed by atoms with van der Waals surface area (Å²) < 4.78 is 1.06. The molecule has 0 saturated heterocycles. The van der Waals surface area contributed by atoms with Crippen LogP contribution >= 0.6 is 27.7 Å². The lowest BCUT2D eigenvalue weighted by Crippen LogP contribution is -1.94. The number of aromatic nitrogens is 1. The van der Waals surface area contributed by atoms with E-state index in [1.54, 1.807) is 18.0 Å². The number of nitrogen functional groups attached to an aromatic ring is 1. The monoisotopic (exact) mass is 294 g/mol. The second kappa shape index (κ2) is 4.89. The Balaban J connectivity index is 2.31. The van der Waals surface area contributed by atoms with Crippen LogP contribution in [0.1, 0.15) is 5.56 Å². The van der Waals surface area contributed by atoms with Crippen LogP contribution in [-0.2, 0) is 0 Å². The first kappa shape index (κ1) is 11.5. The molecule has 0 spiro atoms. The molecule has 1 aromatic carbocycles. The molecule has 4 heteroatoms. The molecule has 0 aliphatic rings. The van der Waals surface area contributed by atoms with Crippen molar-refractivity contribution in [2.45, 2.75) is 16.8 Å². The normalized spacial score (nSPS) is 10.4. The van der Waals surface area contributed by atoms with Gasteiger partial charge in [0, 0.05) is 15.6 Å². The predicted molar refractivity (Wildman–Crippen MR) is 71.7 cm³/mol. The van der Waals surface area contributed by atoms with E-state index in [0.29, 0.717) is 0 Å². The van der Waals surface area contributed by atoms with Crippen molar-refractivity contribution < 1.29 is 0 Å². The molecule has 2 N–H and O–H groups in total. The molecule has 82 valence electrons. The Morgan fingerprint density at radius 3 is 2.88 bits per heavy atom. The van der Waals surface area contributed by atoms with Gasteiger partial charge in [-0.05, 0) is 36.8 Å². The number of hydrogen-bond donors (Lipinski definition) is 1. The molecule has 0 aliphatic heterocycles. The van der Waals surface area contributed by atoms with Crippen LogP contribution in [-0.4, -0.2) is 4.98 Å². The van der Waals surface area contributed by atoms with Crippen LogP contribution in [0.2, 0.25) is 0 Å². The van der Waals surface area contributed by atoms with Crippen molar-refractivity contribution in [3.05, 3.63) is 46.6 Å². The zero-order valence-electron chi connectivity index (χ0n) is 8.77. The van der Waals surface area contributed by atoms with E-state index in [1.165, 1.54) is 0 Å². The third-order valence-electron chi connectivity index (χ3n) is 2.18. The van der Waals surface area contributed by atoms with Gasteiger partial charge in [0.25, 0.3) is 0 Å². The van der Waals surface area contributed by atoms with Crippen molar-refractivity contribution in [2.75, 3.05) is 5.73 Å². The van der Waals surface area contributed by atoms with Gasteiger partial charge in [-0.15, -0.1) is 0 Å². The molecule has 2 aromatic rings. The van der Waals surface area contributed by atoms with Crippen LogP contribution in [0.25, 0.3) is 0 Å². The highest BCUT2D eigenvalue weighted by molar-refractivity contribution is 9.10. The van der Waals surface area contributed by atoms with Crippen LogP contribution in [0.4, 0.5) is 5.69 Å². The molecule has 2 rings (SSSR count). The maximum atomic E-state index is 5.97. The SMILES string of the molecule is Cc1ccnc(Sc2cccc(Br)c2)c1N. The van der Waals surface area contributed by atoms with Gasteiger partial charge in [0.05, 0.1) is 5.69 Å². The molecular weight excluding hydrogens is 284 g/mol. The van der Waals surface area contributed by atoms with E-state index in [0.717, 1.165) is 25.6 Å². The summed E-state index contributed by atoms with van der Waals surface area (Å²) in [5.74, 6) is 0. The fourth-order valence-electron chi connectivity index (χ4n) is 1.27. The van der Waals surface area contributed by atoms with Gasteiger partial charge in [-0.25, -0.2) is 4.98 Å². The smallest absolute Gasteiger partial charge is 0.124 e. The minimum absolute atomic E-state index is 0.757. The van der Waals surface area contributed by atoms with Crippen LogP contribution < -0.4 is 5.73 Å². The fourth-order valence-corrected chi connectivity index (χ4v) is 2.76.